The second-order valence-electron chi connectivity index (χ2n) is 4.34. The number of aromatic carboxylic acids is 1. The quantitative estimate of drug-likeness (QED) is 0.794. The smallest absolute Gasteiger partial charge is 0.335 e. The second-order valence-corrected chi connectivity index (χ2v) is 4.34. The van der Waals surface area contributed by atoms with Gasteiger partial charge in [-0.25, -0.2) is 4.79 Å². The highest BCUT2D eigenvalue weighted by molar-refractivity contribution is 5.88. The topological polar surface area (TPSA) is 84.9 Å². The fraction of sp³-hybridized carbons (Fsp3) is 0.429. The molecule has 1 amide bonds. The summed E-state index contributed by atoms with van der Waals surface area (Å²) >= 11 is 0. The van der Waals surface area contributed by atoms with E-state index >= 15 is 0 Å². The molecule has 0 aromatic heterocycles. The van der Waals surface area contributed by atoms with Crippen LogP contribution in [0.5, 0.6) is 11.5 Å². The van der Waals surface area contributed by atoms with Crippen LogP contribution < -0.4 is 14.8 Å². The van der Waals surface area contributed by atoms with E-state index in [1.807, 2.05) is 13.8 Å². The molecule has 0 aliphatic carbocycles. The molecule has 1 aromatic carbocycles. The Kier molecular flexibility index (Phi) is 5.83. The monoisotopic (exact) mass is 281 g/mol. The predicted octanol–water partition coefficient (Wildman–Crippen LogP) is 1.69. The molecule has 6 nitrogen and oxygen atoms in total. The predicted molar refractivity (Wildman–Crippen MR) is 73.3 cm³/mol. The third kappa shape index (κ3) is 4.46. The second kappa shape index (κ2) is 7.37. The van der Waals surface area contributed by atoms with Crippen molar-refractivity contribution >= 4 is 11.9 Å². The molecule has 0 unspecified atom stereocenters. The van der Waals surface area contributed by atoms with Gasteiger partial charge < -0.3 is 19.9 Å². The highest BCUT2D eigenvalue weighted by atomic mass is 16.5. The van der Waals surface area contributed by atoms with Gasteiger partial charge in [0, 0.05) is 6.04 Å². The number of hydrogen-bond donors (Lipinski definition) is 2. The SMILES string of the molecule is CC[C@@H](C)NC(=O)COc1ccc(C(=O)O)cc1OC. The maximum Gasteiger partial charge on any atom is 0.335 e. The minimum absolute atomic E-state index is 0.0855. The van der Waals surface area contributed by atoms with Crippen molar-refractivity contribution in [3.8, 4) is 11.5 Å². The Labute approximate surface area is 117 Å². The van der Waals surface area contributed by atoms with Gasteiger partial charge in [-0.05, 0) is 31.5 Å². The van der Waals surface area contributed by atoms with Crippen LogP contribution in [-0.4, -0.2) is 36.7 Å². The molecule has 0 bridgehead atoms. The van der Waals surface area contributed by atoms with Crippen molar-refractivity contribution in [1.29, 1.82) is 0 Å². The number of carbonyl (C=O) groups excluding carboxylic acids is 1. The molecular weight excluding hydrogens is 262 g/mol. The number of nitrogens with one attached hydrogen (secondary N) is 1. The van der Waals surface area contributed by atoms with E-state index in [1.54, 1.807) is 0 Å². The van der Waals surface area contributed by atoms with Crippen molar-refractivity contribution in [3.05, 3.63) is 23.8 Å². The number of carboxylic acids is 1. The lowest BCUT2D eigenvalue weighted by Crippen LogP contribution is -2.35. The number of rotatable bonds is 7. The largest absolute Gasteiger partial charge is 0.493 e. The molecule has 0 heterocycles. The molecule has 1 atom stereocenters. The number of carbonyl (C=O) groups is 2. The van der Waals surface area contributed by atoms with Crippen LogP contribution in [0.4, 0.5) is 0 Å². The van der Waals surface area contributed by atoms with Gasteiger partial charge in [0.15, 0.2) is 18.1 Å². The fourth-order valence-corrected chi connectivity index (χ4v) is 1.48. The Hall–Kier alpha value is -2.24. The van der Waals surface area contributed by atoms with Gasteiger partial charge in [-0.3, -0.25) is 4.79 Å². The van der Waals surface area contributed by atoms with Gasteiger partial charge >= 0.3 is 5.97 Å². The van der Waals surface area contributed by atoms with Crippen molar-refractivity contribution < 1.29 is 24.2 Å². The Morgan fingerprint density at radius 1 is 1.35 bits per heavy atom. The summed E-state index contributed by atoms with van der Waals surface area (Å²) in [5.74, 6) is -0.675. The van der Waals surface area contributed by atoms with Gasteiger partial charge in [0.05, 0.1) is 12.7 Å². The Morgan fingerprint density at radius 3 is 2.60 bits per heavy atom. The number of ether oxygens (including phenoxy) is 2. The van der Waals surface area contributed by atoms with Crippen LogP contribution in [0, 0.1) is 0 Å². The lowest BCUT2D eigenvalue weighted by Gasteiger charge is -2.13. The summed E-state index contributed by atoms with van der Waals surface area (Å²) in [5, 5.41) is 11.6. The average Bonchev–Trinajstić information content (AvgIpc) is 2.44. The molecule has 1 aromatic rings. The molecule has 6 heteroatoms. The molecule has 0 aliphatic rings. The standard InChI is InChI=1S/C14H19NO5/c1-4-9(2)15-13(16)8-20-11-6-5-10(14(17)18)7-12(11)19-3/h5-7,9H,4,8H2,1-3H3,(H,15,16)(H,17,18)/t9-/m1/s1. The van der Waals surface area contributed by atoms with Crippen molar-refractivity contribution in [2.24, 2.45) is 0 Å². The van der Waals surface area contributed by atoms with E-state index in [-0.39, 0.29) is 29.9 Å². The van der Waals surface area contributed by atoms with E-state index in [0.717, 1.165) is 6.42 Å². The first-order chi connectivity index (χ1) is 9.47. The molecule has 0 saturated heterocycles. The first kappa shape index (κ1) is 15.8. The molecule has 0 radical (unpaired) electrons. The molecule has 0 saturated carbocycles. The van der Waals surface area contributed by atoms with Crippen LogP contribution in [0.2, 0.25) is 0 Å². The van der Waals surface area contributed by atoms with Crippen molar-refractivity contribution in [3.63, 3.8) is 0 Å². The first-order valence-corrected chi connectivity index (χ1v) is 6.31. The van der Waals surface area contributed by atoms with Crippen molar-refractivity contribution in [2.75, 3.05) is 13.7 Å². The van der Waals surface area contributed by atoms with Crippen molar-refractivity contribution in [1.82, 2.24) is 5.32 Å². The van der Waals surface area contributed by atoms with E-state index in [9.17, 15) is 9.59 Å². The Bertz CT molecular complexity index is 486. The maximum atomic E-state index is 11.6. The lowest BCUT2D eigenvalue weighted by atomic mass is 10.2. The van der Waals surface area contributed by atoms with E-state index < -0.39 is 5.97 Å². The summed E-state index contributed by atoms with van der Waals surface area (Å²) in [6.07, 6.45) is 0.836. The average molecular weight is 281 g/mol. The van der Waals surface area contributed by atoms with E-state index in [4.69, 9.17) is 14.6 Å². The molecule has 0 spiro atoms. The summed E-state index contributed by atoms with van der Waals surface area (Å²) in [4.78, 5) is 22.4. The van der Waals surface area contributed by atoms with Gasteiger partial charge in [-0.1, -0.05) is 6.92 Å². The zero-order chi connectivity index (χ0) is 15.1. The third-order valence-corrected chi connectivity index (χ3v) is 2.79. The molecule has 2 N–H and O–H groups in total. The van der Waals surface area contributed by atoms with Crippen LogP contribution in [0.15, 0.2) is 18.2 Å². The van der Waals surface area contributed by atoms with Crippen LogP contribution in [-0.2, 0) is 4.79 Å². The molecule has 1 rings (SSSR count). The zero-order valence-electron chi connectivity index (χ0n) is 11.8. The normalized spacial score (nSPS) is 11.6. The van der Waals surface area contributed by atoms with Gasteiger partial charge in [-0.15, -0.1) is 0 Å². The van der Waals surface area contributed by atoms with Gasteiger partial charge in [0.2, 0.25) is 0 Å². The minimum atomic E-state index is -1.05. The lowest BCUT2D eigenvalue weighted by molar-refractivity contribution is -0.123. The fourth-order valence-electron chi connectivity index (χ4n) is 1.48. The third-order valence-electron chi connectivity index (χ3n) is 2.79. The summed E-state index contributed by atoms with van der Waals surface area (Å²) in [5.41, 5.74) is 0.0956. The number of hydrogen-bond acceptors (Lipinski definition) is 4. The first-order valence-electron chi connectivity index (χ1n) is 6.31. The highest BCUT2D eigenvalue weighted by Gasteiger charge is 2.12. The molecule has 0 fully saturated rings. The van der Waals surface area contributed by atoms with Crippen molar-refractivity contribution in [2.45, 2.75) is 26.3 Å². The maximum absolute atomic E-state index is 11.6. The van der Waals surface area contributed by atoms with Crippen LogP contribution in [0.3, 0.4) is 0 Å². The summed E-state index contributed by atoms with van der Waals surface area (Å²) < 4.78 is 10.4. The van der Waals surface area contributed by atoms with Crippen LogP contribution in [0.25, 0.3) is 0 Å². The summed E-state index contributed by atoms with van der Waals surface area (Å²) in [6, 6.07) is 4.30. The van der Waals surface area contributed by atoms with Crippen LogP contribution >= 0.6 is 0 Å². The number of carboxylic acid groups (broad SMARTS) is 1. The molecule has 110 valence electrons. The van der Waals surface area contributed by atoms with E-state index in [1.165, 1.54) is 25.3 Å². The van der Waals surface area contributed by atoms with Gasteiger partial charge in [0.1, 0.15) is 0 Å². The highest BCUT2D eigenvalue weighted by Crippen LogP contribution is 2.27. The molecule has 20 heavy (non-hydrogen) atoms. The summed E-state index contributed by atoms with van der Waals surface area (Å²) in [7, 11) is 1.41. The minimum Gasteiger partial charge on any atom is -0.493 e. The van der Waals surface area contributed by atoms with E-state index in [2.05, 4.69) is 5.32 Å². The number of benzene rings is 1. The zero-order valence-corrected chi connectivity index (χ0v) is 11.8. The van der Waals surface area contributed by atoms with Gasteiger partial charge in [0.25, 0.3) is 5.91 Å². The number of methoxy groups -OCH3 is 1. The van der Waals surface area contributed by atoms with E-state index in [0.29, 0.717) is 5.75 Å². The van der Waals surface area contributed by atoms with Crippen LogP contribution in [0.1, 0.15) is 30.6 Å². The Balaban J connectivity index is 2.68. The van der Waals surface area contributed by atoms with Gasteiger partial charge in [-0.2, -0.15) is 0 Å². The summed E-state index contributed by atoms with van der Waals surface area (Å²) in [6.45, 7) is 3.73. The molecule has 0 aliphatic heterocycles. The Morgan fingerprint density at radius 2 is 2.05 bits per heavy atom. The number of amides is 1. The molecular formula is C14H19NO5.